The molecule has 1 saturated heterocycles. The van der Waals surface area contributed by atoms with Crippen LogP contribution < -0.4 is 5.32 Å². The molecule has 2 aromatic heterocycles. The van der Waals surface area contributed by atoms with E-state index < -0.39 is 0 Å². The predicted molar refractivity (Wildman–Crippen MR) is 112 cm³/mol. The number of hydrogen-bond donors (Lipinski definition) is 1. The van der Waals surface area contributed by atoms with E-state index in [9.17, 15) is 0 Å². The second-order valence-electron chi connectivity index (χ2n) is 8.37. The van der Waals surface area contributed by atoms with Gasteiger partial charge in [0, 0.05) is 43.7 Å². The Balaban J connectivity index is 1.61. The van der Waals surface area contributed by atoms with Gasteiger partial charge in [-0.2, -0.15) is 5.10 Å². The molecule has 1 fully saturated rings. The van der Waals surface area contributed by atoms with Crippen molar-refractivity contribution in [2.24, 2.45) is 18.0 Å². The van der Waals surface area contributed by atoms with E-state index in [1.807, 2.05) is 17.9 Å². The second-order valence-corrected chi connectivity index (χ2v) is 9.32. The number of nitrogens with one attached hydrogen (secondary N) is 1. The summed E-state index contributed by atoms with van der Waals surface area (Å²) >= 11 is 1.71. The summed E-state index contributed by atoms with van der Waals surface area (Å²) in [6, 6.07) is 0. The van der Waals surface area contributed by atoms with E-state index in [2.05, 4.69) is 54.6 Å². The molecular formula is C20H32N6S. The number of aliphatic imine (C=N–C) groups is 1. The molecule has 1 aliphatic rings. The molecule has 0 bridgehead atoms. The molecule has 3 heterocycles. The maximum atomic E-state index is 4.87. The number of guanidine groups is 1. The largest absolute Gasteiger partial charge is 0.357 e. The van der Waals surface area contributed by atoms with Crippen molar-refractivity contribution in [2.75, 3.05) is 19.6 Å². The lowest BCUT2D eigenvalue weighted by molar-refractivity contribution is 0.460. The molecule has 1 aliphatic heterocycles. The minimum atomic E-state index is 0.0947. The molecule has 0 aromatic carbocycles. The van der Waals surface area contributed by atoms with Crippen LogP contribution in [-0.2, 0) is 25.4 Å². The summed E-state index contributed by atoms with van der Waals surface area (Å²) in [7, 11) is 1.98. The molecule has 27 heavy (non-hydrogen) atoms. The Morgan fingerprint density at radius 1 is 1.41 bits per heavy atom. The van der Waals surface area contributed by atoms with Crippen LogP contribution in [0.4, 0.5) is 0 Å². The third-order valence-corrected chi connectivity index (χ3v) is 5.72. The molecule has 1 unspecified atom stereocenters. The summed E-state index contributed by atoms with van der Waals surface area (Å²) in [6.07, 6.45) is 6.39. The third kappa shape index (κ3) is 5.31. The molecule has 148 valence electrons. The quantitative estimate of drug-likeness (QED) is 0.631. The monoisotopic (exact) mass is 388 g/mol. The summed E-state index contributed by atoms with van der Waals surface area (Å²) in [6.45, 7) is 12.4. The minimum absolute atomic E-state index is 0.0947. The number of likely N-dealkylation sites (tertiary alicyclic amines) is 1. The minimum Gasteiger partial charge on any atom is -0.357 e. The van der Waals surface area contributed by atoms with Gasteiger partial charge in [0.15, 0.2) is 5.96 Å². The van der Waals surface area contributed by atoms with E-state index in [0.717, 1.165) is 42.7 Å². The van der Waals surface area contributed by atoms with E-state index in [0.29, 0.717) is 12.5 Å². The van der Waals surface area contributed by atoms with Crippen molar-refractivity contribution < 1.29 is 0 Å². The fraction of sp³-hybridized carbons (Fsp3) is 0.650. The molecule has 0 saturated carbocycles. The van der Waals surface area contributed by atoms with Crippen molar-refractivity contribution >= 4 is 17.3 Å². The fourth-order valence-corrected chi connectivity index (χ4v) is 4.34. The lowest BCUT2D eigenvalue weighted by atomic mass is 9.93. The van der Waals surface area contributed by atoms with Crippen LogP contribution in [0, 0.1) is 5.92 Å². The molecule has 1 atom stereocenters. The van der Waals surface area contributed by atoms with E-state index >= 15 is 0 Å². The van der Waals surface area contributed by atoms with Gasteiger partial charge in [-0.1, -0.05) is 20.8 Å². The highest BCUT2D eigenvalue weighted by Gasteiger charge is 2.25. The zero-order chi connectivity index (χ0) is 19.4. The van der Waals surface area contributed by atoms with Gasteiger partial charge in [0.1, 0.15) is 5.01 Å². The van der Waals surface area contributed by atoms with Crippen LogP contribution in [0.3, 0.4) is 0 Å². The van der Waals surface area contributed by atoms with Crippen molar-refractivity contribution in [2.45, 2.75) is 52.5 Å². The highest BCUT2D eigenvalue weighted by molar-refractivity contribution is 7.09. The summed E-state index contributed by atoms with van der Waals surface area (Å²) in [4.78, 5) is 12.0. The summed E-state index contributed by atoms with van der Waals surface area (Å²) < 4.78 is 1.88. The molecule has 2 aromatic rings. The van der Waals surface area contributed by atoms with Crippen molar-refractivity contribution in [1.29, 1.82) is 0 Å². The SMILES string of the molecule is CCNC(=NCc1nc(C(C)(C)C)cs1)N1CCC(Cc2cnn(C)c2)C1. The van der Waals surface area contributed by atoms with Gasteiger partial charge in [-0.05, 0) is 31.2 Å². The Morgan fingerprint density at radius 2 is 2.22 bits per heavy atom. The molecular weight excluding hydrogens is 356 g/mol. The Bertz CT molecular complexity index is 770. The van der Waals surface area contributed by atoms with Crippen molar-refractivity contribution in [1.82, 2.24) is 25.0 Å². The zero-order valence-corrected chi connectivity index (χ0v) is 18.0. The van der Waals surface area contributed by atoms with Gasteiger partial charge in [-0.3, -0.25) is 4.68 Å². The van der Waals surface area contributed by atoms with Crippen LogP contribution in [-0.4, -0.2) is 45.3 Å². The number of aromatic nitrogens is 3. The fourth-order valence-electron chi connectivity index (χ4n) is 3.40. The highest BCUT2D eigenvalue weighted by atomic mass is 32.1. The first-order valence-corrected chi connectivity index (χ1v) is 10.7. The smallest absolute Gasteiger partial charge is 0.194 e. The van der Waals surface area contributed by atoms with E-state index in [1.165, 1.54) is 12.0 Å². The second kappa shape index (κ2) is 8.42. The van der Waals surface area contributed by atoms with E-state index in [4.69, 9.17) is 9.98 Å². The van der Waals surface area contributed by atoms with Crippen LogP contribution in [0.2, 0.25) is 0 Å². The molecule has 0 aliphatic carbocycles. The maximum absolute atomic E-state index is 4.87. The van der Waals surface area contributed by atoms with Gasteiger partial charge in [0.2, 0.25) is 0 Å². The Morgan fingerprint density at radius 3 is 2.85 bits per heavy atom. The van der Waals surface area contributed by atoms with E-state index in [-0.39, 0.29) is 5.41 Å². The van der Waals surface area contributed by atoms with Gasteiger partial charge in [-0.25, -0.2) is 9.98 Å². The lowest BCUT2D eigenvalue weighted by Gasteiger charge is -2.21. The summed E-state index contributed by atoms with van der Waals surface area (Å²) in [5, 5.41) is 11.0. The average Bonchev–Trinajstić information content (AvgIpc) is 3.32. The summed E-state index contributed by atoms with van der Waals surface area (Å²) in [5.74, 6) is 1.67. The zero-order valence-electron chi connectivity index (χ0n) is 17.2. The number of thiazole rings is 1. The number of hydrogen-bond acceptors (Lipinski definition) is 4. The van der Waals surface area contributed by atoms with Crippen LogP contribution in [0.15, 0.2) is 22.8 Å². The molecule has 0 spiro atoms. The molecule has 3 rings (SSSR count). The Kier molecular flexibility index (Phi) is 6.19. The maximum Gasteiger partial charge on any atom is 0.194 e. The first kappa shape index (κ1) is 19.9. The van der Waals surface area contributed by atoms with Crippen LogP contribution >= 0.6 is 11.3 Å². The van der Waals surface area contributed by atoms with Crippen LogP contribution in [0.5, 0.6) is 0 Å². The molecule has 1 N–H and O–H groups in total. The highest BCUT2D eigenvalue weighted by Crippen LogP contribution is 2.24. The van der Waals surface area contributed by atoms with Gasteiger partial charge in [0.25, 0.3) is 0 Å². The van der Waals surface area contributed by atoms with Crippen molar-refractivity contribution in [3.63, 3.8) is 0 Å². The molecule has 0 radical (unpaired) electrons. The molecule has 7 heteroatoms. The van der Waals surface area contributed by atoms with Gasteiger partial charge in [-0.15, -0.1) is 11.3 Å². The molecule has 6 nitrogen and oxygen atoms in total. The number of nitrogens with zero attached hydrogens (tertiary/aromatic N) is 5. The lowest BCUT2D eigenvalue weighted by Crippen LogP contribution is -2.40. The third-order valence-electron chi connectivity index (χ3n) is 4.89. The normalized spacial score (nSPS) is 18.3. The van der Waals surface area contributed by atoms with Gasteiger partial charge >= 0.3 is 0 Å². The standard InChI is InChI=1S/C20H32N6S/c1-6-21-19(22-11-18-24-17(14-27-18)20(2,3)4)26-8-7-15(13-26)9-16-10-23-25(5)12-16/h10,12,14-15H,6-9,11,13H2,1-5H3,(H,21,22). The number of rotatable bonds is 5. The first-order chi connectivity index (χ1) is 12.8. The van der Waals surface area contributed by atoms with E-state index in [1.54, 1.807) is 11.3 Å². The Labute approximate surface area is 166 Å². The first-order valence-electron chi connectivity index (χ1n) is 9.81. The van der Waals surface area contributed by atoms with Crippen molar-refractivity contribution in [3.8, 4) is 0 Å². The van der Waals surface area contributed by atoms with Crippen LogP contribution in [0.1, 0.15) is 50.4 Å². The summed E-state index contributed by atoms with van der Waals surface area (Å²) in [5.41, 5.74) is 2.57. The van der Waals surface area contributed by atoms with Gasteiger partial charge in [0.05, 0.1) is 18.4 Å². The average molecular weight is 389 g/mol. The predicted octanol–water partition coefficient (Wildman–Crippen LogP) is 3.20. The van der Waals surface area contributed by atoms with Gasteiger partial charge < -0.3 is 10.2 Å². The van der Waals surface area contributed by atoms with Crippen LogP contribution in [0.25, 0.3) is 0 Å². The Hall–Kier alpha value is -1.89. The van der Waals surface area contributed by atoms with Crippen molar-refractivity contribution in [3.05, 3.63) is 34.0 Å². The molecule has 0 amide bonds. The topological polar surface area (TPSA) is 58.3 Å². The number of aryl methyl sites for hydroxylation is 1.